The molecule has 0 atom stereocenters. The second-order valence-electron chi connectivity index (χ2n) is 3.02. The van der Waals surface area contributed by atoms with Crippen LogP contribution in [-0.4, -0.2) is 42.6 Å². The minimum atomic E-state index is -1.12. The van der Waals surface area contributed by atoms with Gasteiger partial charge in [0.1, 0.15) is 0 Å². The Morgan fingerprint density at radius 2 is 1.76 bits per heavy atom. The van der Waals surface area contributed by atoms with E-state index in [2.05, 4.69) is 10.1 Å². The Morgan fingerprint density at radius 3 is 2.29 bits per heavy atom. The fourth-order valence-corrected chi connectivity index (χ4v) is 0.834. The molecule has 0 aliphatic heterocycles. The number of hydrogen-bond donors (Lipinski definition) is 3. The molecule has 96 valence electrons. The summed E-state index contributed by atoms with van der Waals surface area (Å²) in [5.74, 6) is -2.29. The van der Waals surface area contributed by atoms with Crippen molar-refractivity contribution in [3.8, 4) is 0 Å². The molecule has 0 bridgehead atoms. The molecule has 0 aromatic heterocycles. The average molecular weight is 246 g/mol. The molecule has 0 unspecified atom stereocenters. The number of amides is 3. The number of carboxylic acid groups (broad SMARTS) is 1. The number of methoxy groups -OCH3 is 1. The standard InChI is InChI=1S/C9H14N2O6/c1-17-8(15)4-5-10-9(16)11-6(12)2-3-7(13)14/h2-5H2,1H3,(H,13,14)(H2,10,11,12,16). The molecule has 0 aliphatic carbocycles. The fourth-order valence-electron chi connectivity index (χ4n) is 0.834. The van der Waals surface area contributed by atoms with E-state index in [1.807, 2.05) is 5.32 Å². The summed E-state index contributed by atoms with van der Waals surface area (Å²) in [6.07, 6.45) is -0.631. The molecular weight excluding hydrogens is 232 g/mol. The Labute approximate surface area is 97.3 Å². The van der Waals surface area contributed by atoms with Crippen molar-refractivity contribution < 1.29 is 29.0 Å². The molecule has 0 spiro atoms. The van der Waals surface area contributed by atoms with Crippen LogP contribution in [0.25, 0.3) is 0 Å². The lowest BCUT2D eigenvalue weighted by atomic mass is 10.3. The van der Waals surface area contributed by atoms with Gasteiger partial charge in [-0.1, -0.05) is 0 Å². The van der Waals surface area contributed by atoms with Crippen molar-refractivity contribution in [3.05, 3.63) is 0 Å². The van der Waals surface area contributed by atoms with Crippen molar-refractivity contribution in [1.82, 2.24) is 10.6 Å². The van der Waals surface area contributed by atoms with Gasteiger partial charge in [-0.3, -0.25) is 19.7 Å². The molecule has 0 aliphatic rings. The molecule has 0 fully saturated rings. The molecule has 0 saturated carbocycles. The smallest absolute Gasteiger partial charge is 0.321 e. The SMILES string of the molecule is COC(=O)CCNC(=O)NC(=O)CCC(=O)O. The molecule has 17 heavy (non-hydrogen) atoms. The van der Waals surface area contributed by atoms with Gasteiger partial charge in [0.05, 0.1) is 20.0 Å². The largest absolute Gasteiger partial charge is 0.481 e. The second-order valence-corrected chi connectivity index (χ2v) is 3.02. The van der Waals surface area contributed by atoms with Gasteiger partial charge in [-0.2, -0.15) is 0 Å². The minimum absolute atomic E-state index is 0.00671. The van der Waals surface area contributed by atoms with Gasteiger partial charge in [0.25, 0.3) is 0 Å². The van der Waals surface area contributed by atoms with Gasteiger partial charge in [0.15, 0.2) is 0 Å². The van der Waals surface area contributed by atoms with Gasteiger partial charge in [-0.15, -0.1) is 0 Å². The topological polar surface area (TPSA) is 122 Å². The Kier molecular flexibility index (Phi) is 7.07. The molecule has 0 rings (SSSR count). The summed E-state index contributed by atoms with van der Waals surface area (Å²) in [5, 5.41) is 12.5. The van der Waals surface area contributed by atoms with Crippen LogP contribution in [0.4, 0.5) is 4.79 Å². The number of carbonyl (C=O) groups is 4. The minimum Gasteiger partial charge on any atom is -0.481 e. The van der Waals surface area contributed by atoms with Crippen LogP contribution in [-0.2, 0) is 19.1 Å². The van der Waals surface area contributed by atoms with Gasteiger partial charge >= 0.3 is 18.0 Å². The Bertz CT molecular complexity index is 315. The number of hydrogen-bond acceptors (Lipinski definition) is 5. The van der Waals surface area contributed by atoms with Crippen molar-refractivity contribution in [2.24, 2.45) is 0 Å². The van der Waals surface area contributed by atoms with E-state index in [1.54, 1.807) is 0 Å². The Morgan fingerprint density at radius 1 is 1.12 bits per heavy atom. The van der Waals surface area contributed by atoms with Crippen LogP contribution < -0.4 is 10.6 Å². The predicted octanol–water partition coefficient (Wildman–Crippen LogP) is -0.760. The Hall–Kier alpha value is -2.12. The summed E-state index contributed by atoms with van der Waals surface area (Å²) < 4.78 is 4.34. The average Bonchev–Trinajstić information content (AvgIpc) is 2.26. The first-order valence-electron chi connectivity index (χ1n) is 4.82. The number of imide groups is 1. The highest BCUT2D eigenvalue weighted by atomic mass is 16.5. The number of esters is 1. The third kappa shape index (κ3) is 8.85. The van der Waals surface area contributed by atoms with Crippen LogP contribution in [0.15, 0.2) is 0 Å². The Balaban J connectivity index is 3.67. The summed E-state index contributed by atoms with van der Waals surface area (Å²) in [5.41, 5.74) is 0. The fraction of sp³-hybridized carbons (Fsp3) is 0.556. The molecule has 3 amide bonds. The van der Waals surface area contributed by atoms with Crippen LogP contribution in [0, 0.1) is 0 Å². The van der Waals surface area contributed by atoms with Gasteiger partial charge in [0.2, 0.25) is 5.91 Å². The van der Waals surface area contributed by atoms with Crippen molar-refractivity contribution in [2.75, 3.05) is 13.7 Å². The van der Waals surface area contributed by atoms with Gasteiger partial charge in [0, 0.05) is 13.0 Å². The maximum atomic E-state index is 11.0. The normalized spacial score (nSPS) is 9.24. The van der Waals surface area contributed by atoms with Crippen molar-refractivity contribution in [3.63, 3.8) is 0 Å². The molecular formula is C9H14N2O6. The molecule has 0 radical (unpaired) electrons. The maximum Gasteiger partial charge on any atom is 0.321 e. The van der Waals surface area contributed by atoms with Crippen molar-refractivity contribution in [2.45, 2.75) is 19.3 Å². The van der Waals surface area contributed by atoms with Crippen molar-refractivity contribution in [1.29, 1.82) is 0 Å². The molecule has 8 heteroatoms. The summed E-state index contributed by atoms with van der Waals surface area (Å²) in [6.45, 7) is 0.0325. The first-order chi connectivity index (χ1) is 7.95. The number of carboxylic acids is 1. The molecule has 8 nitrogen and oxygen atoms in total. The summed E-state index contributed by atoms with van der Waals surface area (Å²) in [7, 11) is 1.22. The number of carbonyl (C=O) groups excluding carboxylic acids is 3. The summed E-state index contributed by atoms with van der Waals surface area (Å²) in [4.78, 5) is 42.8. The lowest BCUT2D eigenvalue weighted by Crippen LogP contribution is -2.40. The molecule has 0 aromatic carbocycles. The molecule has 0 saturated heterocycles. The van der Waals surface area contributed by atoms with Crippen LogP contribution in [0.1, 0.15) is 19.3 Å². The van der Waals surface area contributed by atoms with Crippen LogP contribution in [0.5, 0.6) is 0 Å². The lowest BCUT2D eigenvalue weighted by molar-refractivity contribution is -0.140. The second kappa shape index (κ2) is 8.08. The van der Waals surface area contributed by atoms with E-state index < -0.39 is 23.9 Å². The zero-order valence-electron chi connectivity index (χ0n) is 9.32. The van der Waals surface area contributed by atoms with Crippen molar-refractivity contribution >= 4 is 23.9 Å². The number of urea groups is 1. The van der Waals surface area contributed by atoms with Gasteiger partial charge in [-0.05, 0) is 0 Å². The van der Waals surface area contributed by atoms with Crippen LogP contribution >= 0.6 is 0 Å². The molecule has 0 aromatic rings. The number of aliphatic carboxylic acids is 1. The highest BCUT2D eigenvalue weighted by molar-refractivity contribution is 5.95. The molecule has 3 N–H and O–H groups in total. The van der Waals surface area contributed by atoms with Gasteiger partial charge in [-0.25, -0.2) is 4.79 Å². The first kappa shape index (κ1) is 14.9. The van der Waals surface area contributed by atoms with Gasteiger partial charge < -0.3 is 15.2 Å². The van der Waals surface area contributed by atoms with E-state index >= 15 is 0 Å². The van der Waals surface area contributed by atoms with E-state index in [0.717, 1.165) is 0 Å². The summed E-state index contributed by atoms with van der Waals surface area (Å²) >= 11 is 0. The van der Waals surface area contributed by atoms with E-state index in [9.17, 15) is 19.2 Å². The van der Waals surface area contributed by atoms with Crippen LogP contribution in [0.2, 0.25) is 0 Å². The van der Waals surface area contributed by atoms with E-state index in [1.165, 1.54) is 7.11 Å². The number of ether oxygens (including phenoxy) is 1. The predicted molar refractivity (Wildman–Crippen MR) is 55.0 cm³/mol. The molecule has 0 heterocycles. The third-order valence-electron chi connectivity index (χ3n) is 1.66. The zero-order chi connectivity index (χ0) is 13.3. The lowest BCUT2D eigenvalue weighted by Gasteiger charge is -2.05. The highest BCUT2D eigenvalue weighted by Crippen LogP contribution is 1.88. The highest BCUT2D eigenvalue weighted by Gasteiger charge is 2.09. The summed E-state index contributed by atoms with van der Waals surface area (Å²) in [6, 6.07) is -0.774. The zero-order valence-corrected chi connectivity index (χ0v) is 9.32. The quantitative estimate of drug-likeness (QED) is 0.529. The number of nitrogens with one attached hydrogen (secondary N) is 2. The monoisotopic (exact) mass is 246 g/mol. The van der Waals surface area contributed by atoms with E-state index in [-0.39, 0.29) is 25.8 Å². The van der Waals surface area contributed by atoms with Crippen LogP contribution in [0.3, 0.4) is 0 Å². The van der Waals surface area contributed by atoms with E-state index in [0.29, 0.717) is 0 Å². The first-order valence-corrected chi connectivity index (χ1v) is 4.82. The van der Waals surface area contributed by atoms with E-state index in [4.69, 9.17) is 5.11 Å². The third-order valence-corrected chi connectivity index (χ3v) is 1.66. The number of rotatable bonds is 6. The maximum absolute atomic E-state index is 11.0.